The third-order valence-electron chi connectivity index (χ3n) is 4.00. The van der Waals surface area contributed by atoms with Crippen molar-refractivity contribution in [3.05, 3.63) is 59.4 Å². The van der Waals surface area contributed by atoms with Crippen molar-refractivity contribution >= 4 is 21.6 Å². The number of rotatable bonds is 6. The van der Waals surface area contributed by atoms with Gasteiger partial charge in [-0.25, -0.2) is 12.8 Å². The molecule has 0 fully saturated rings. The van der Waals surface area contributed by atoms with Crippen LogP contribution in [-0.2, 0) is 14.8 Å². The number of hydrogen-bond acceptors (Lipinski definition) is 3. The summed E-state index contributed by atoms with van der Waals surface area (Å²) in [5.41, 5.74) is 2.54. The Morgan fingerprint density at radius 3 is 2.31 bits per heavy atom. The monoisotopic (exact) mass is 378 g/mol. The molecular formula is C19H23FN2O3S. The number of amides is 1. The van der Waals surface area contributed by atoms with Crippen molar-refractivity contribution in [2.24, 2.45) is 5.92 Å². The summed E-state index contributed by atoms with van der Waals surface area (Å²) in [7, 11) is -4.18. The highest BCUT2D eigenvalue weighted by Crippen LogP contribution is 2.19. The summed E-state index contributed by atoms with van der Waals surface area (Å²) in [5.74, 6) is -1.69. The Bertz CT molecular complexity index is 911. The maximum Gasteiger partial charge on any atom is 0.244 e. The number of carbonyl (C=O) groups excluding carboxylic acids is 1. The molecule has 1 unspecified atom stereocenters. The summed E-state index contributed by atoms with van der Waals surface area (Å²) in [6.45, 7) is 7.24. The fourth-order valence-corrected chi connectivity index (χ4v) is 3.97. The minimum absolute atomic E-state index is 0.331. The summed E-state index contributed by atoms with van der Waals surface area (Å²) in [6.07, 6.45) is 0. The van der Waals surface area contributed by atoms with E-state index >= 15 is 0 Å². The van der Waals surface area contributed by atoms with E-state index in [0.29, 0.717) is 5.69 Å². The molecule has 0 aliphatic carbocycles. The lowest BCUT2D eigenvalue weighted by Crippen LogP contribution is -2.47. The van der Waals surface area contributed by atoms with Crippen LogP contribution in [0.1, 0.15) is 25.0 Å². The Balaban J connectivity index is 2.25. The van der Waals surface area contributed by atoms with Gasteiger partial charge < -0.3 is 5.32 Å². The highest BCUT2D eigenvalue weighted by atomic mass is 32.2. The topological polar surface area (TPSA) is 75.3 Å². The van der Waals surface area contributed by atoms with Crippen LogP contribution in [0.3, 0.4) is 0 Å². The second-order valence-corrected chi connectivity index (χ2v) is 8.26. The van der Waals surface area contributed by atoms with Gasteiger partial charge in [-0.1, -0.05) is 43.7 Å². The molecule has 0 spiro atoms. The van der Waals surface area contributed by atoms with E-state index in [2.05, 4.69) is 10.0 Å². The average molecular weight is 378 g/mol. The van der Waals surface area contributed by atoms with Crippen molar-refractivity contribution < 1.29 is 17.6 Å². The Labute approximate surface area is 153 Å². The lowest BCUT2D eigenvalue weighted by molar-refractivity contribution is -0.118. The highest BCUT2D eigenvalue weighted by Gasteiger charge is 2.30. The van der Waals surface area contributed by atoms with Crippen LogP contribution < -0.4 is 10.0 Å². The van der Waals surface area contributed by atoms with Gasteiger partial charge in [-0.15, -0.1) is 0 Å². The molecule has 0 aliphatic rings. The normalized spacial score (nSPS) is 12.8. The molecule has 0 bridgehead atoms. The van der Waals surface area contributed by atoms with Gasteiger partial charge >= 0.3 is 0 Å². The first-order chi connectivity index (χ1) is 12.1. The predicted molar refractivity (Wildman–Crippen MR) is 99.9 cm³/mol. The fraction of sp³-hybridized carbons (Fsp3) is 0.316. The predicted octanol–water partition coefficient (Wildman–Crippen LogP) is 3.38. The molecule has 0 aliphatic heterocycles. The van der Waals surface area contributed by atoms with Crippen molar-refractivity contribution in [3.63, 3.8) is 0 Å². The van der Waals surface area contributed by atoms with E-state index in [0.717, 1.165) is 23.3 Å². The SMILES string of the molecule is Cc1ccc(NC(=O)C(NS(=O)(=O)c2ccccc2F)C(C)C)c(C)c1. The van der Waals surface area contributed by atoms with E-state index in [1.807, 2.05) is 26.0 Å². The molecule has 1 atom stereocenters. The standard InChI is InChI=1S/C19H23FN2O3S/c1-12(2)18(19(23)21-16-10-9-13(3)11-14(16)4)22-26(24,25)17-8-6-5-7-15(17)20/h5-12,18,22H,1-4H3,(H,21,23). The molecule has 140 valence electrons. The Morgan fingerprint density at radius 2 is 1.73 bits per heavy atom. The molecule has 0 heterocycles. The van der Waals surface area contributed by atoms with E-state index in [9.17, 15) is 17.6 Å². The summed E-state index contributed by atoms with van der Waals surface area (Å²) >= 11 is 0. The third-order valence-corrected chi connectivity index (χ3v) is 5.47. The van der Waals surface area contributed by atoms with Gasteiger partial charge in [-0.05, 0) is 43.5 Å². The van der Waals surface area contributed by atoms with E-state index in [-0.39, 0.29) is 5.92 Å². The van der Waals surface area contributed by atoms with Gasteiger partial charge in [0.05, 0.1) is 0 Å². The second kappa shape index (κ2) is 7.97. The van der Waals surface area contributed by atoms with Gasteiger partial charge in [0.15, 0.2) is 0 Å². The third kappa shape index (κ3) is 4.68. The molecular weight excluding hydrogens is 355 g/mol. The number of benzene rings is 2. The van der Waals surface area contributed by atoms with Gasteiger partial charge in [0.1, 0.15) is 16.8 Å². The van der Waals surface area contributed by atoms with Crippen LogP contribution in [-0.4, -0.2) is 20.4 Å². The molecule has 2 N–H and O–H groups in total. The minimum Gasteiger partial charge on any atom is -0.324 e. The first-order valence-electron chi connectivity index (χ1n) is 8.27. The zero-order valence-corrected chi connectivity index (χ0v) is 16.0. The summed E-state index contributed by atoms with van der Waals surface area (Å²) in [6, 6.07) is 9.57. The van der Waals surface area contributed by atoms with Crippen LogP contribution >= 0.6 is 0 Å². The van der Waals surface area contributed by atoms with E-state index < -0.39 is 32.7 Å². The summed E-state index contributed by atoms with van der Waals surface area (Å²) < 4.78 is 41.2. The smallest absolute Gasteiger partial charge is 0.244 e. The summed E-state index contributed by atoms with van der Waals surface area (Å²) in [4.78, 5) is 12.2. The van der Waals surface area contributed by atoms with Crippen LogP contribution in [0.5, 0.6) is 0 Å². The number of halogens is 1. The molecule has 2 rings (SSSR count). The lowest BCUT2D eigenvalue weighted by atomic mass is 10.0. The minimum atomic E-state index is -4.18. The number of aryl methyl sites for hydroxylation is 2. The molecule has 1 amide bonds. The van der Waals surface area contributed by atoms with Crippen LogP contribution in [0, 0.1) is 25.6 Å². The number of nitrogens with one attached hydrogen (secondary N) is 2. The maximum atomic E-state index is 13.9. The van der Waals surface area contributed by atoms with E-state index in [4.69, 9.17) is 0 Å². The Morgan fingerprint density at radius 1 is 1.08 bits per heavy atom. The zero-order chi connectivity index (χ0) is 19.5. The molecule has 2 aromatic carbocycles. The van der Waals surface area contributed by atoms with Crippen LogP contribution in [0.15, 0.2) is 47.4 Å². The van der Waals surface area contributed by atoms with Crippen molar-refractivity contribution in [2.75, 3.05) is 5.32 Å². The average Bonchev–Trinajstić information content (AvgIpc) is 2.55. The fourth-order valence-electron chi connectivity index (χ4n) is 2.55. The molecule has 5 nitrogen and oxygen atoms in total. The molecule has 0 radical (unpaired) electrons. The maximum absolute atomic E-state index is 13.9. The van der Waals surface area contributed by atoms with Gasteiger partial charge in [-0.2, -0.15) is 4.72 Å². The molecule has 2 aromatic rings. The van der Waals surface area contributed by atoms with Crippen molar-refractivity contribution in [1.29, 1.82) is 0 Å². The Hall–Kier alpha value is -2.25. The zero-order valence-electron chi connectivity index (χ0n) is 15.2. The number of sulfonamides is 1. The van der Waals surface area contributed by atoms with Crippen molar-refractivity contribution in [3.8, 4) is 0 Å². The van der Waals surface area contributed by atoms with Crippen molar-refractivity contribution in [2.45, 2.75) is 38.6 Å². The molecule has 0 saturated carbocycles. The van der Waals surface area contributed by atoms with Gasteiger partial charge in [0, 0.05) is 5.69 Å². The van der Waals surface area contributed by atoms with Crippen LogP contribution in [0.4, 0.5) is 10.1 Å². The van der Waals surface area contributed by atoms with E-state index in [1.165, 1.54) is 12.1 Å². The second-order valence-electron chi connectivity index (χ2n) is 6.58. The molecule has 0 saturated heterocycles. The molecule has 26 heavy (non-hydrogen) atoms. The number of hydrogen-bond donors (Lipinski definition) is 2. The van der Waals surface area contributed by atoms with Crippen LogP contribution in [0.2, 0.25) is 0 Å². The number of anilines is 1. The molecule has 0 aromatic heterocycles. The van der Waals surface area contributed by atoms with Crippen LogP contribution in [0.25, 0.3) is 0 Å². The van der Waals surface area contributed by atoms with Crippen molar-refractivity contribution in [1.82, 2.24) is 4.72 Å². The Kier molecular flexibility index (Phi) is 6.15. The summed E-state index contributed by atoms with van der Waals surface area (Å²) in [5, 5.41) is 2.75. The van der Waals surface area contributed by atoms with Gasteiger partial charge in [-0.3, -0.25) is 4.79 Å². The number of carbonyl (C=O) groups is 1. The lowest BCUT2D eigenvalue weighted by Gasteiger charge is -2.22. The first-order valence-corrected chi connectivity index (χ1v) is 9.75. The quantitative estimate of drug-likeness (QED) is 0.809. The highest BCUT2D eigenvalue weighted by molar-refractivity contribution is 7.89. The van der Waals surface area contributed by atoms with E-state index in [1.54, 1.807) is 19.9 Å². The first kappa shape index (κ1) is 20.1. The molecule has 7 heteroatoms. The van der Waals surface area contributed by atoms with Gasteiger partial charge in [0.2, 0.25) is 15.9 Å². The largest absolute Gasteiger partial charge is 0.324 e. The van der Waals surface area contributed by atoms with Gasteiger partial charge in [0.25, 0.3) is 0 Å².